The van der Waals surface area contributed by atoms with Gasteiger partial charge in [0.05, 0.1) is 23.7 Å². The van der Waals surface area contributed by atoms with Crippen molar-refractivity contribution in [2.45, 2.75) is 5.88 Å². The summed E-state index contributed by atoms with van der Waals surface area (Å²) >= 11 is 12.0. The van der Waals surface area contributed by atoms with Crippen LogP contribution in [-0.4, -0.2) is 21.6 Å². The number of methoxy groups -OCH3 is 1. The Morgan fingerprint density at radius 2 is 2.15 bits per heavy atom. The van der Waals surface area contributed by atoms with Gasteiger partial charge in [0.25, 0.3) is 0 Å². The molecule has 0 aliphatic rings. The summed E-state index contributed by atoms with van der Waals surface area (Å²) in [5, 5.41) is 0.557. The van der Waals surface area contributed by atoms with Crippen LogP contribution < -0.4 is 4.74 Å². The van der Waals surface area contributed by atoms with E-state index in [0.717, 1.165) is 22.7 Å². The van der Waals surface area contributed by atoms with Crippen LogP contribution >= 0.6 is 23.2 Å². The Bertz CT molecular complexity index is 770. The van der Waals surface area contributed by atoms with Crippen LogP contribution in [0.1, 0.15) is 5.82 Å². The number of nitrogens with zero attached hydrogens (tertiary/aromatic N) is 3. The van der Waals surface area contributed by atoms with Crippen LogP contribution in [0.4, 0.5) is 0 Å². The highest BCUT2D eigenvalue weighted by Crippen LogP contribution is 2.29. The second-order valence-electron chi connectivity index (χ2n) is 4.16. The van der Waals surface area contributed by atoms with Crippen molar-refractivity contribution in [3.63, 3.8) is 0 Å². The summed E-state index contributed by atoms with van der Waals surface area (Å²) in [5.41, 5.74) is 2.42. The first-order chi connectivity index (χ1) is 9.74. The number of benzene rings is 1. The zero-order valence-electron chi connectivity index (χ0n) is 10.7. The van der Waals surface area contributed by atoms with Gasteiger partial charge in [-0.15, -0.1) is 11.6 Å². The average Bonchev–Trinajstić information content (AvgIpc) is 2.86. The molecule has 0 aliphatic carbocycles. The third-order valence-electron chi connectivity index (χ3n) is 3.00. The zero-order valence-corrected chi connectivity index (χ0v) is 12.2. The van der Waals surface area contributed by atoms with Crippen LogP contribution in [0.25, 0.3) is 16.9 Å². The lowest BCUT2D eigenvalue weighted by Crippen LogP contribution is -2.00. The van der Waals surface area contributed by atoms with E-state index in [1.54, 1.807) is 19.4 Å². The van der Waals surface area contributed by atoms with Gasteiger partial charge in [-0.05, 0) is 24.3 Å². The number of hydrogen-bond acceptors (Lipinski definition) is 3. The molecule has 0 radical (unpaired) electrons. The molecule has 2 aromatic heterocycles. The molecule has 4 nitrogen and oxygen atoms in total. The van der Waals surface area contributed by atoms with Gasteiger partial charge < -0.3 is 4.74 Å². The Morgan fingerprint density at radius 3 is 2.90 bits per heavy atom. The van der Waals surface area contributed by atoms with Crippen LogP contribution in [0.2, 0.25) is 5.02 Å². The van der Waals surface area contributed by atoms with Crippen molar-refractivity contribution in [3.8, 4) is 11.4 Å². The van der Waals surface area contributed by atoms with Gasteiger partial charge in [0.15, 0.2) is 5.65 Å². The predicted octanol–water partition coefficient (Wildman–Crippen LogP) is 3.82. The van der Waals surface area contributed by atoms with Crippen LogP contribution in [0.15, 0.2) is 36.5 Å². The number of alkyl halides is 1. The topological polar surface area (TPSA) is 39.9 Å². The van der Waals surface area contributed by atoms with E-state index < -0.39 is 0 Å². The van der Waals surface area contributed by atoms with Gasteiger partial charge in [0.2, 0.25) is 0 Å². The lowest BCUT2D eigenvalue weighted by Gasteiger charge is -2.10. The fourth-order valence-corrected chi connectivity index (χ4v) is 2.48. The van der Waals surface area contributed by atoms with Gasteiger partial charge >= 0.3 is 0 Å². The molecule has 20 heavy (non-hydrogen) atoms. The molecule has 1 aromatic carbocycles. The Morgan fingerprint density at radius 1 is 1.30 bits per heavy atom. The highest BCUT2D eigenvalue weighted by molar-refractivity contribution is 6.32. The second-order valence-corrected chi connectivity index (χ2v) is 4.84. The first-order valence-electron chi connectivity index (χ1n) is 5.97. The maximum Gasteiger partial charge on any atom is 0.164 e. The van der Waals surface area contributed by atoms with E-state index in [-0.39, 0.29) is 0 Å². The molecule has 0 fully saturated rings. The van der Waals surface area contributed by atoms with Gasteiger partial charge in [-0.2, -0.15) is 0 Å². The van der Waals surface area contributed by atoms with Crippen molar-refractivity contribution >= 4 is 34.4 Å². The fourth-order valence-electron chi connectivity index (χ4n) is 2.11. The van der Waals surface area contributed by atoms with E-state index in [9.17, 15) is 0 Å². The third kappa shape index (κ3) is 2.11. The van der Waals surface area contributed by atoms with Gasteiger partial charge in [-0.3, -0.25) is 4.57 Å². The Balaban J connectivity index is 2.28. The standard InChI is InChI=1S/C14H11Cl2N3O/c1-20-12-7-9(4-5-10(12)16)19-13(8-15)18-11-3-2-6-17-14(11)19/h2-7H,8H2,1H3. The molecule has 0 aliphatic heterocycles. The Kier molecular flexibility index (Phi) is 3.51. The van der Waals surface area contributed by atoms with Crippen molar-refractivity contribution in [2.24, 2.45) is 0 Å². The smallest absolute Gasteiger partial charge is 0.164 e. The minimum atomic E-state index is 0.293. The SMILES string of the molecule is COc1cc(-n2c(CCl)nc3cccnc32)ccc1Cl. The lowest BCUT2D eigenvalue weighted by molar-refractivity contribution is 0.415. The van der Waals surface area contributed by atoms with Gasteiger partial charge in [-0.25, -0.2) is 9.97 Å². The van der Waals surface area contributed by atoms with Crippen molar-refractivity contribution in [2.75, 3.05) is 7.11 Å². The zero-order chi connectivity index (χ0) is 14.1. The molecule has 3 aromatic rings. The third-order valence-corrected chi connectivity index (χ3v) is 3.55. The Labute approximate surface area is 125 Å². The molecule has 0 saturated heterocycles. The molecule has 0 N–H and O–H groups in total. The summed E-state index contributed by atoms with van der Waals surface area (Å²) < 4.78 is 7.15. The summed E-state index contributed by atoms with van der Waals surface area (Å²) in [6.45, 7) is 0. The van der Waals surface area contributed by atoms with Gasteiger partial charge in [0.1, 0.15) is 17.1 Å². The van der Waals surface area contributed by atoms with Gasteiger partial charge in [0, 0.05) is 12.3 Å². The molecule has 6 heteroatoms. The number of aromatic nitrogens is 3. The molecule has 0 amide bonds. The number of hydrogen-bond donors (Lipinski definition) is 0. The summed E-state index contributed by atoms with van der Waals surface area (Å²) in [6.07, 6.45) is 1.73. The molecular weight excluding hydrogens is 297 g/mol. The minimum Gasteiger partial charge on any atom is -0.495 e. The number of fused-ring (bicyclic) bond motifs is 1. The molecule has 102 valence electrons. The van der Waals surface area contributed by atoms with Crippen LogP contribution in [0.5, 0.6) is 5.75 Å². The van der Waals surface area contributed by atoms with Crippen LogP contribution in [0.3, 0.4) is 0 Å². The van der Waals surface area contributed by atoms with E-state index in [4.69, 9.17) is 27.9 Å². The molecule has 0 spiro atoms. The normalized spacial score (nSPS) is 10.9. The number of rotatable bonds is 3. The van der Waals surface area contributed by atoms with Crippen molar-refractivity contribution in [1.29, 1.82) is 0 Å². The van der Waals surface area contributed by atoms with Crippen LogP contribution in [0, 0.1) is 0 Å². The number of ether oxygens (including phenoxy) is 1. The van der Waals surface area contributed by atoms with E-state index in [2.05, 4.69) is 9.97 Å². The number of halogens is 2. The first kappa shape index (κ1) is 13.2. The summed E-state index contributed by atoms with van der Waals surface area (Å²) in [4.78, 5) is 8.85. The van der Waals surface area contributed by atoms with Gasteiger partial charge in [-0.1, -0.05) is 11.6 Å². The summed E-state index contributed by atoms with van der Waals surface area (Å²) in [7, 11) is 1.58. The van der Waals surface area contributed by atoms with Crippen molar-refractivity contribution in [3.05, 3.63) is 47.4 Å². The van der Waals surface area contributed by atoms with E-state index in [1.807, 2.05) is 28.8 Å². The molecule has 3 rings (SSSR count). The van der Waals surface area contributed by atoms with Crippen molar-refractivity contribution < 1.29 is 4.74 Å². The lowest BCUT2D eigenvalue weighted by atomic mass is 10.3. The predicted molar refractivity (Wildman–Crippen MR) is 80.0 cm³/mol. The first-order valence-corrected chi connectivity index (χ1v) is 6.88. The largest absolute Gasteiger partial charge is 0.495 e. The summed E-state index contributed by atoms with van der Waals surface area (Å²) in [6, 6.07) is 9.26. The highest BCUT2D eigenvalue weighted by Gasteiger charge is 2.13. The average molecular weight is 308 g/mol. The summed E-state index contributed by atoms with van der Waals surface area (Å²) in [5.74, 6) is 1.62. The maximum atomic E-state index is 6.06. The Hall–Kier alpha value is -1.78. The van der Waals surface area contributed by atoms with Crippen LogP contribution in [-0.2, 0) is 5.88 Å². The molecule has 2 heterocycles. The van der Waals surface area contributed by atoms with E-state index in [1.165, 1.54) is 0 Å². The minimum absolute atomic E-state index is 0.293. The van der Waals surface area contributed by atoms with E-state index in [0.29, 0.717) is 16.7 Å². The molecular formula is C14H11Cl2N3O. The second kappa shape index (κ2) is 5.31. The molecule has 0 atom stereocenters. The van der Waals surface area contributed by atoms with Crippen molar-refractivity contribution in [1.82, 2.24) is 14.5 Å². The molecule has 0 saturated carbocycles. The monoisotopic (exact) mass is 307 g/mol. The molecule has 0 bridgehead atoms. The molecule has 0 unspecified atom stereocenters. The fraction of sp³-hybridized carbons (Fsp3) is 0.143. The quantitative estimate of drug-likeness (QED) is 0.691. The number of imidazole rings is 1. The number of pyridine rings is 1. The maximum absolute atomic E-state index is 6.06. The highest BCUT2D eigenvalue weighted by atomic mass is 35.5. The van der Waals surface area contributed by atoms with E-state index >= 15 is 0 Å².